The molecule has 0 saturated carbocycles. The van der Waals surface area contributed by atoms with Crippen molar-refractivity contribution in [3.05, 3.63) is 59.3 Å². The van der Waals surface area contributed by atoms with Crippen LogP contribution in [0.25, 0.3) is 10.9 Å². The van der Waals surface area contributed by atoms with E-state index in [1.54, 1.807) is 25.3 Å². The number of amides is 1. The minimum absolute atomic E-state index is 0.390. The summed E-state index contributed by atoms with van der Waals surface area (Å²) >= 11 is 0. The van der Waals surface area contributed by atoms with E-state index in [9.17, 15) is 9.59 Å². The van der Waals surface area contributed by atoms with Gasteiger partial charge in [0, 0.05) is 22.8 Å². The van der Waals surface area contributed by atoms with Crippen LogP contribution in [0.2, 0.25) is 0 Å². The van der Waals surface area contributed by atoms with Crippen molar-refractivity contribution < 1.29 is 23.8 Å². The van der Waals surface area contributed by atoms with Crippen LogP contribution in [0.3, 0.4) is 0 Å². The van der Waals surface area contributed by atoms with Gasteiger partial charge < -0.3 is 19.5 Å². The van der Waals surface area contributed by atoms with E-state index in [1.807, 2.05) is 24.3 Å². The number of aromatic nitrogens is 1. The molecule has 0 bridgehead atoms. The molecule has 2 aromatic carbocycles. The summed E-state index contributed by atoms with van der Waals surface area (Å²) in [5.41, 5.74) is 3.74. The molecule has 1 aliphatic carbocycles. The molecule has 7 heteroatoms. The van der Waals surface area contributed by atoms with Gasteiger partial charge in [0.25, 0.3) is 5.91 Å². The Morgan fingerprint density at radius 1 is 0.969 bits per heavy atom. The van der Waals surface area contributed by atoms with Gasteiger partial charge in [-0.1, -0.05) is 24.6 Å². The number of benzene rings is 2. The number of carbonyl (C=O) groups excluding carboxylic acids is 2. The van der Waals surface area contributed by atoms with Gasteiger partial charge in [-0.05, 0) is 49.4 Å². The van der Waals surface area contributed by atoms with E-state index in [0.717, 1.165) is 54.3 Å². The predicted octanol–water partition coefficient (Wildman–Crippen LogP) is 4.32. The lowest BCUT2D eigenvalue weighted by Crippen LogP contribution is -2.22. The number of fused-ring (bicyclic) bond motifs is 2. The SMILES string of the molecule is COc1ccc(NC(=O)COC(=O)c2c3c(nc4ccccc24)CCCCC3)cc1OC. The topological polar surface area (TPSA) is 86.8 Å². The number of esters is 1. The van der Waals surface area contributed by atoms with E-state index >= 15 is 0 Å². The molecule has 166 valence electrons. The molecule has 0 unspecified atom stereocenters. The summed E-state index contributed by atoms with van der Waals surface area (Å²) in [6, 6.07) is 12.6. The molecule has 32 heavy (non-hydrogen) atoms. The van der Waals surface area contributed by atoms with Crippen LogP contribution in [0.1, 0.15) is 40.9 Å². The molecular formula is C25H26N2O5. The van der Waals surface area contributed by atoms with Gasteiger partial charge in [-0.25, -0.2) is 4.79 Å². The Morgan fingerprint density at radius 3 is 2.56 bits per heavy atom. The Hall–Kier alpha value is -3.61. The molecule has 4 rings (SSSR count). The molecule has 1 heterocycles. The lowest BCUT2D eigenvalue weighted by molar-refractivity contribution is -0.119. The van der Waals surface area contributed by atoms with E-state index in [2.05, 4.69) is 5.32 Å². The average Bonchev–Trinajstić information content (AvgIpc) is 3.06. The van der Waals surface area contributed by atoms with Crippen LogP contribution in [-0.2, 0) is 22.4 Å². The zero-order chi connectivity index (χ0) is 22.5. The number of aryl methyl sites for hydroxylation is 1. The Balaban J connectivity index is 1.52. The van der Waals surface area contributed by atoms with Crippen LogP contribution in [-0.4, -0.2) is 37.7 Å². The van der Waals surface area contributed by atoms with Crippen LogP contribution >= 0.6 is 0 Å². The fourth-order valence-electron chi connectivity index (χ4n) is 4.10. The molecule has 3 aromatic rings. The molecule has 0 spiro atoms. The van der Waals surface area contributed by atoms with Gasteiger partial charge in [0.1, 0.15) is 0 Å². The summed E-state index contributed by atoms with van der Waals surface area (Å²) in [7, 11) is 3.06. The first-order valence-electron chi connectivity index (χ1n) is 10.7. The summed E-state index contributed by atoms with van der Waals surface area (Å²) in [5.74, 6) is 0.120. The van der Waals surface area contributed by atoms with Crippen LogP contribution < -0.4 is 14.8 Å². The van der Waals surface area contributed by atoms with Gasteiger partial charge >= 0.3 is 5.97 Å². The van der Waals surface area contributed by atoms with Gasteiger partial charge in [0.2, 0.25) is 0 Å². The summed E-state index contributed by atoms with van der Waals surface area (Å²) in [6.07, 6.45) is 4.80. The molecule has 1 aromatic heterocycles. The van der Waals surface area contributed by atoms with Crippen LogP contribution in [0, 0.1) is 0 Å². The minimum Gasteiger partial charge on any atom is -0.493 e. The quantitative estimate of drug-likeness (QED) is 0.459. The lowest BCUT2D eigenvalue weighted by atomic mass is 9.97. The van der Waals surface area contributed by atoms with Crippen LogP contribution in [0.15, 0.2) is 42.5 Å². The van der Waals surface area contributed by atoms with Crippen molar-refractivity contribution in [2.45, 2.75) is 32.1 Å². The Bertz CT molecular complexity index is 1160. The Morgan fingerprint density at radius 2 is 1.75 bits per heavy atom. The van der Waals surface area contributed by atoms with Crippen molar-refractivity contribution in [3.8, 4) is 11.5 Å². The highest BCUT2D eigenvalue weighted by Crippen LogP contribution is 2.30. The lowest BCUT2D eigenvalue weighted by Gasteiger charge is -2.15. The highest BCUT2D eigenvalue weighted by atomic mass is 16.5. The first-order chi connectivity index (χ1) is 15.6. The fraction of sp³-hybridized carbons (Fsp3) is 0.320. The van der Waals surface area contributed by atoms with E-state index < -0.39 is 18.5 Å². The number of nitrogens with one attached hydrogen (secondary N) is 1. The third-order valence-corrected chi connectivity index (χ3v) is 5.63. The summed E-state index contributed by atoms with van der Waals surface area (Å²) in [6.45, 7) is -0.390. The molecule has 1 aliphatic rings. The molecule has 0 atom stereocenters. The Labute approximate surface area is 186 Å². The van der Waals surface area contributed by atoms with E-state index in [4.69, 9.17) is 19.2 Å². The summed E-state index contributed by atoms with van der Waals surface area (Å²) in [4.78, 5) is 30.3. The van der Waals surface area contributed by atoms with Crippen molar-refractivity contribution in [1.29, 1.82) is 0 Å². The number of methoxy groups -OCH3 is 2. The number of hydrogen-bond acceptors (Lipinski definition) is 6. The second-order valence-electron chi connectivity index (χ2n) is 7.68. The smallest absolute Gasteiger partial charge is 0.339 e. The number of carbonyl (C=O) groups is 2. The van der Waals surface area contributed by atoms with Gasteiger partial charge in [-0.15, -0.1) is 0 Å². The van der Waals surface area contributed by atoms with Crippen molar-refractivity contribution in [1.82, 2.24) is 4.98 Å². The number of hydrogen-bond donors (Lipinski definition) is 1. The maximum atomic E-state index is 13.1. The summed E-state index contributed by atoms with van der Waals surface area (Å²) < 4.78 is 15.9. The molecular weight excluding hydrogens is 408 g/mol. The second-order valence-corrected chi connectivity index (χ2v) is 7.68. The first kappa shape index (κ1) is 21.6. The third-order valence-electron chi connectivity index (χ3n) is 5.63. The summed E-state index contributed by atoms with van der Waals surface area (Å²) in [5, 5.41) is 3.48. The monoisotopic (exact) mass is 434 g/mol. The number of para-hydroxylation sites is 1. The van der Waals surface area contributed by atoms with Gasteiger partial charge in [-0.3, -0.25) is 9.78 Å². The highest BCUT2D eigenvalue weighted by molar-refractivity contribution is 6.06. The zero-order valence-electron chi connectivity index (χ0n) is 18.3. The average molecular weight is 434 g/mol. The maximum Gasteiger partial charge on any atom is 0.339 e. The van der Waals surface area contributed by atoms with Crippen molar-refractivity contribution >= 4 is 28.5 Å². The molecule has 0 fully saturated rings. The van der Waals surface area contributed by atoms with Gasteiger partial charge in [0.15, 0.2) is 18.1 Å². The number of rotatable bonds is 6. The second kappa shape index (κ2) is 9.68. The number of pyridine rings is 1. The predicted molar refractivity (Wildman–Crippen MR) is 121 cm³/mol. The molecule has 0 aliphatic heterocycles. The van der Waals surface area contributed by atoms with Crippen molar-refractivity contribution in [2.24, 2.45) is 0 Å². The maximum absolute atomic E-state index is 13.1. The third kappa shape index (κ3) is 4.51. The van der Waals surface area contributed by atoms with Crippen LogP contribution in [0.5, 0.6) is 11.5 Å². The van der Waals surface area contributed by atoms with Gasteiger partial charge in [0.05, 0.1) is 25.3 Å². The van der Waals surface area contributed by atoms with Crippen molar-refractivity contribution in [3.63, 3.8) is 0 Å². The Kier molecular flexibility index (Phi) is 6.54. The van der Waals surface area contributed by atoms with Crippen LogP contribution in [0.4, 0.5) is 5.69 Å². The largest absolute Gasteiger partial charge is 0.493 e. The highest BCUT2D eigenvalue weighted by Gasteiger charge is 2.23. The number of nitrogens with zero attached hydrogens (tertiary/aromatic N) is 1. The van der Waals surface area contributed by atoms with E-state index in [0.29, 0.717) is 22.7 Å². The molecule has 7 nitrogen and oxygen atoms in total. The standard InChI is InChI=1S/C25H26N2O5/c1-30-21-13-12-16(14-22(21)31-2)26-23(28)15-32-25(29)24-17-8-4-3-5-10-19(17)27-20-11-7-6-9-18(20)24/h6-7,9,11-14H,3-5,8,10,15H2,1-2H3,(H,26,28). The molecule has 1 N–H and O–H groups in total. The molecule has 1 amide bonds. The van der Waals surface area contributed by atoms with E-state index in [-0.39, 0.29) is 0 Å². The normalized spacial score (nSPS) is 13.1. The molecule has 0 radical (unpaired) electrons. The fourth-order valence-corrected chi connectivity index (χ4v) is 4.10. The molecule has 0 saturated heterocycles. The first-order valence-corrected chi connectivity index (χ1v) is 10.7. The van der Waals surface area contributed by atoms with Crippen molar-refractivity contribution in [2.75, 3.05) is 26.1 Å². The number of ether oxygens (including phenoxy) is 3. The van der Waals surface area contributed by atoms with E-state index in [1.165, 1.54) is 7.11 Å². The zero-order valence-corrected chi connectivity index (χ0v) is 18.3. The minimum atomic E-state index is -0.496. The number of anilines is 1. The van der Waals surface area contributed by atoms with Gasteiger partial charge in [-0.2, -0.15) is 0 Å².